The van der Waals surface area contributed by atoms with Crippen LogP contribution in [0, 0.1) is 0 Å². The molecule has 4 aromatic rings. The number of hydrogen-bond acceptors (Lipinski definition) is 12. The Labute approximate surface area is 279 Å². The number of unbranched alkanes of at least 4 members (excludes halogenated alkanes) is 3. The normalized spacial score (nSPS) is 12.1. The van der Waals surface area contributed by atoms with Crippen molar-refractivity contribution in [3.8, 4) is 0 Å². The Kier molecular flexibility index (Phi) is 11.0. The second-order valence-electron chi connectivity index (χ2n) is 8.94. The number of quaternary nitrogens is 2. The summed E-state index contributed by atoms with van der Waals surface area (Å²) in [6.45, 7) is 0.855. The van der Waals surface area contributed by atoms with Gasteiger partial charge in [0.05, 0.1) is 27.2 Å². The third kappa shape index (κ3) is 8.05. The van der Waals surface area contributed by atoms with Crippen molar-refractivity contribution < 1.29 is 0 Å². The van der Waals surface area contributed by atoms with E-state index in [1.165, 1.54) is 0 Å². The molecule has 0 aliphatic carbocycles. The number of rotatable bonds is 11. The van der Waals surface area contributed by atoms with Crippen molar-refractivity contribution in [2.75, 3.05) is 27.2 Å². The maximum atomic E-state index is 6.07. The first-order valence-corrected chi connectivity index (χ1v) is 14.8. The van der Waals surface area contributed by atoms with Gasteiger partial charge in [-0.1, -0.05) is 0 Å². The van der Waals surface area contributed by atoms with E-state index in [-0.39, 0.29) is 75.0 Å². The third-order valence-electron chi connectivity index (χ3n) is 6.00. The Morgan fingerprint density at radius 3 is 0.714 bits per heavy atom. The maximum Gasteiger partial charge on any atom is 0.342 e. The minimum absolute atomic E-state index is 0.0882. The molecule has 0 aliphatic rings. The molecule has 4 aromatic heterocycles. The zero-order valence-corrected chi connectivity index (χ0v) is 27.6. The highest BCUT2D eigenvalue weighted by molar-refractivity contribution is 6.32. The van der Waals surface area contributed by atoms with Crippen molar-refractivity contribution in [3.05, 3.63) is 42.3 Å². The lowest BCUT2D eigenvalue weighted by molar-refractivity contribution is 0.374. The number of nitrogens with zero attached hydrogens (tertiary/aromatic N) is 14. The fourth-order valence-corrected chi connectivity index (χ4v) is 5.35. The van der Waals surface area contributed by atoms with Crippen LogP contribution in [-0.4, -0.2) is 87.0 Å². The van der Waals surface area contributed by atoms with E-state index >= 15 is 0 Å². The number of hydrogen-bond donors (Lipinski definition) is 0. The van der Waals surface area contributed by atoms with Gasteiger partial charge in [0.25, 0.3) is 0 Å². The van der Waals surface area contributed by atoms with Crippen LogP contribution in [0.1, 0.15) is 25.7 Å². The van der Waals surface area contributed by atoms with Crippen molar-refractivity contribution >= 4 is 117 Å². The van der Waals surface area contributed by atoms with E-state index < -0.39 is 0 Å². The van der Waals surface area contributed by atoms with Crippen LogP contribution in [0.5, 0.6) is 0 Å². The Balaban J connectivity index is 1.52. The van der Waals surface area contributed by atoms with Gasteiger partial charge in [0.15, 0.2) is 0 Å². The van der Waals surface area contributed by atoms with Gasteiger partial charge in [0.2, 0.25) is 42.3 Å². The highest BCUT2D eigenvalue weighted by atomic mass is 35.5. The van der Waals surface area contributed by atoms with Gasteiger partial charge in [-0.3, -0.25) is 0 Å². The zero-order chi connectivity index (χ0) is 30.7. The summed E-state index contributed by atoms with van der Waals surface area (Å²) in [6, 6.07) is 0. The molecule has 0 amide bonds. The van der Waals surface area contributed by atoms with Gasteiger partial charge in [-0.25, -0.2) is 0 Å². The maximum absolute atomic E-state index is 6.07. The second-order valence-corrected chi connectivity index (χ2v) is 11.6. The fourth-order valence-electron chi connectivity index (χ4n) is 3.94. The van der Waals surface area contributed by atoms with Crippen LogP contribution in [-0.2, 0) is 0 Å². The van der Waals surface area contributed by atoms with Crippen molar-refractivity contribution in [3.63, 3.8) is 0 Å². The summed E-state index contributed by atoms with van der Waals surface area (Å²) in [5.74, 6) is 0.814. The molecule has 14 nitrogen and oxygen atoms in total. The smallest absolute Gasteiger partial charge is 0.194 e. The zero-order valence-electron chi connectivity index (χ0n) is 21.5. The second kappa shape index (κ2) is 13.9. The Morgan fingerprint density at radius 2 is 0.524 bits per heavy atom. The van der Waals surface area contributed by atoms with E-state index in [2.05, 4.69) is 59.8 Å². The molecule has 0 spiro atoms. The predicted molar refractivity (Wildman–Crippen MR) is 162 cm³/mol. The molecule has 4 heterocycles. The lowest BCUT2D eigenvalue weighted by atomic mass is 10.1. The minimum atomic E-state index is -0.124. The molecular formula is C20H18Cl8N14+2. The number of aromatic nitrogens is 12. The number of halogens is 8. The van der Waals surface area contributed by atoms with Crippen LogP contribution in [0.15, 0.2) is 0 Å². The standard InChI is InChI=1S/C20H18Cl8N14/c1-41(17-33-9(21)29-10(22)34-17,18-35-11(23)30-12(24)36-18)7-5-3-4-6-8-42(2,19-37-13(25)31-14(26)38-19)20-39-15(27)32-16(28)40-20/h3-8H2,1-2H3/q+2. The molecule has 0 unspecified atom stereocenters. The quantitative estimate of drug-likeness (QED) is 0.123. The summed E-state index contributed by atoms with van der Waals surface area (Å²) >= 11 is 48.5. The largest absolute Gasteiger partial charge is 0.342 e. The topological polar surface area (TPSA) is 155 Å². The lowest BCUT2D eigenvalue weighted by Gasteiger charge is -2.29. The summed E-state index contributed by atoms with van der Waals surface area (Å²) < 4.78 is -0.247. The van der Waals surface area contributed by atoms with E-state index in [1.54, 1.807) is 14.1 Å². The molecule has 4 rings (SSSR count). The minimum Gasteiger partial charge on any atom is -0.194 e. The van der Waals surface area contributed by atoms with E-state index in [1.807, 2.05) is 0 Å². The molecule has 0 saturated heterocycles. The average molecular weight is 738 g/mol. The third-order valence-corrected chi connectivity index (χ3v) is 7.35. The van der Waals surface area contributed by atoms with Crippen LogP contribution >= 0.6 is 92.8 Å². The lowest BCUT2D eigenvalue weighted by Crippen LogP contribution is -2.44. The predicted octanol–water partition coefficient (Wildman–Crippen LogP) is 6.45. The van der Waals surface area contributed by atoms with Gasteiger partial charge in [-0.2, -0.15) is 28.9 Å². The molecule has 0 bridgehead atoms. The van der Waals surface area contributed by atoms with E-state index in [9.17, 15) is 0 Å². The first kappa shape index (κ1) is 33.2. The van der Waals surface area contributed by atoms with Crippen LogP contribution in [0.3, 0.4) is 0 Å². The molecule has 0 N–H and O–H groups in total. The van der Waals surface area contributed by atoms with Crippen molar-refractivity contribution in [2.45, 2.75) is 25.7 Å². The molecule has 22 heteroatoms. The molecule has 0 fully saturated rings. The first-order valence-electron chi connectivity index (χ1n) is 11.8. The van der Waals surface area contributed by atoms with E-state index in [4.69, 9.17) is 92.8 Å². The molecular weight excluding hydrogens is 720 g/mol. The summed E-state index contributed by atoms with van der Waals surface area (Å²) in [6.07, 6.45) is 2.83. The molecule has 0 radical (unpaired) electrons. The van der Waals surface area contributed by atoms with E-state index in [0.29, 0.717) is 25.9 Å². The van der Waals surface area contributed by atoms with Gasteiger partial charge in [0.1, 0.15) is 0 Å². The van der Waals surface area contributed by atoms with Gasteiger partial charge in [-0.15, -0.1) is 39.9 Å². The highest BCUT2D eigenvalue weighted by Crippen LogP contribution is 2.32. The summed E-state index contributed by atoms with van der Waals surface area (Å²) in [7, 11) is 3.56. The van der Waals surface area contributed by atoms with Gasteiger partial charge < -0.3 is 0 Å². The van der Waals surface area contributed by atoms with Crippen molar-refractivity contribution in [2.24, 2.45) is 0 Å². The van der Waals surface area contributed by atoms with Crippen LogP contribution in [0.25, 0.3) is 0 Å². The van der Waals surface area contributed by atoms with Gasteiger partial charge >= 0.3 is 23.8 Å². The summed E-state index contributed by atoms with van der Waals surface area (Å²) in [5.41, 5.74) is 0. The molecule has 222 valence electrons. The van der Waals surface area contributed by atoms with Crippen molar-refractivity contribution in [1.82, 2.24) is 68.8 Å². The molecule has 0 aliphatic heterocycles. The highest BCUT2D eigenvalue weighted by Gasteiger charge is 2.38. The molecule has 0 atom stereocenters. The fraction of sp³-hybridized carbons (Fsp3) is 0.400. The summed E-state index contributed by atoms with van der Waals surface area (Å²) in [4.78, 5) is 49.3. The Hall–Kier alpha value is -1.72. The van der Waals surface area contributed by atoms with Crippen LogP contribution in [0.2, 0.25) is 42.3 Å². The molecule has 0 saturated carbocycles. The molecule has 0 aromatic carbocycles. The monoisotopic (exact) mass is 734 g/mol. The van der Waals surface area contributed by atoms with Crippen molar-refractivity contribution in [1.29, 1.82) is 0 Å². The Bertz CT molecular complexity index is 1290. The van der Waals surface area contributed by atoms with Gasteiger partial charge in [-0.05, 0) is 118 Å². The Morgan fingerprint density at radius 1 is 0.333 bits per heavy atom. The molecule has 42 heavy (non-hydrogen) atoms. The van der Waals surface area contributed by atoms with E-state index in [0.717, 1.165) is 12.8 Å². The van der Waals surface area contributed by atoms with Crippen LogP contribution in [0.4, 0.5) is 23.8 Å². The van der Waals surface area contributed by atoms with Crippen LogP contribution < -0.4 is 8.97 Å². The van der Waals surface area contributed by atoms with Gasteiger partial charge in [0, 0.05) is 0 Å². The SMILES string of the molecule is C[N+](CCCCCC[N+](C)(c1nc(Cl)nc(Cl)n1)c1nc(Cl)nc(Cl)n1)(c1nc(Cl)nc(Cl)n1)c1nc(Cl)nc(Cl)n1. The first-order chi connectivity index (χ1) is 19.8. The average Bonchev–Trinajstić information content (AvgIpc) is 2.88. The summed E-state index contributed by atoms with van der Waals surface area (Å²) in [5, 5.41) is -0.706.